The molecule has 1 aliphatic rings. The first-order valence-corrected chi connectivity index (χ1v) is 15.8. The van der Waals surface area contributed by atoms with Crippen LogP contribution in [0.5, 0.6) is 5.75 Å². The minimum Gasteiger partial charge on any atom is -0.484 e. The van der Waals surface area contributed by atoms with Gasteiger partial charge in [-0.3, -0.25) is 9.59 Å². The summed E-state index contributed by atoms with van der Waals surface area (Å²) in [6.07, 6.45) is 0.620. The van der Waals surface area contributed by atoms with Crippen molar-refractivity contribution in [3.8, 4) is 5.75 Å². The number of nitrogens with zero attached hydrogens (tertiary/aromatic N) is 2. The van der Waals surface area contributed by atoms with Crippen molar-refractivity contribution < 1.29 is 32.2 Å². The van der Waals surface area contributed by atoms with E-state index < -0.39 is 22.0 Å². The topological polar surface area (TPSA) is 114 Å². The highest BCUT2D eigenvalue weighted by molar-refractivity contribution is 7.89. The van der Waals surface area contributed by atoms with Crippen molar-refractivity contribution >= 4 is 33.4 Å². The van der Waals surface area contributed by atoms with Gasteiger partial charge >= 0.3 is 0 Å². The van der Waals surface area contributed by atoms with Crippen LogP contribution in [-0.4, -0.2) is 82.6 Å². The third-order valence-corrected chi connectivity index (χ3v) is 9.05. The minimum atomic E-state index is -3.66. The van der Waals surface area contributed by atoms with Gasteiger partial charge < -0.3 is 24.4 Å². The average Bonchev–Trinajstić information content (AvgIpc) is 3.03. The van der Waals surface area contributed by atoms with Gasteiger partial charge in [0, 0.05) is 44.9 Å². The van der Waals surface area contributed by atoms with Crippen LogP contribution in [0.15, 0.2) is 83.8 Å². The van der Waals surface area contributed by atoms with E-state index in [0.717, 1.165) is 5.56 Å². The average molecular weight is 630 g/mol. The normalized spacial score (nSPS) is 14.6. The maximum Gasteiger partial charge on any atom is 0.261 e. The fourth-order valence-corrected chi connectivity index (χ4v) is 6.15. The molecule has 2 amide bonds. The monoisotopic (exact) mass is 629 g/mol. The van der Waals surface area contributed by atoms with Gasteiger partial charge in [0.15, 0.2) is 6.61 Å². The molecule has 4 rings (SSSR count). The van der Waals surface area contributed by atoms with E-state index in [0.29, 0.717) is 62.2 Å². The minimum absolute atomic E-state index is 0.126. The Morgan fingerprint density at radius 1 is 1.00 bits per heavy atom. The van der Waals surface area contributed by atoms with Gasteiger partial charge in [-0.05, 0) is 53.9 Å². The molecule has 230 valence electrons. The Bertz CT molecular complexity index is 1430. The van der Waals surface area contributed by atoms with E-state index in [9.17, 15) is 18.0 Å². The third kappa shape index (κ3) is 9.01. The lowest BCUT2D eigenvalue weighted by Crippen LogP contribution is -2.45. The van der Waals surface area contributed by atoms with E-state index in [1.165, 1.54) is 33.5 Å². The van der Waals surface area contributed by atoms with Gasteiger partial charge in [-0.25, -0.2) is 8.42 Å². The molecule has 3 aromatic carbocycles. The Kier molecular flexibility index (Phi) is 11.9. The van der Waals surface area contributed by atoms with Crippen LogP contribution in [0.3, 0.4) is 0 Å². The number of hydrogen-bond donors (Lipinski definition) is 1. The van der Waals surface area contributed by atoms with E-state index in [1.807, 2.05) is 18.2 Å². The van der Waals surface area contributed by atoms with Crippen molar-refractivity contribution in [2.75, 3.05) is 53.2 Å². The molecule has 1 saturated heterocycles. The first-order chi connectivity index (χ1) is 20.8. The Morgan fingerprint density at radius 2 is 1.67 bits per heavy atom. The quantitative estimate of drug-likeness (QED) is 0.271. The molecule has 1 N–H and O–H groups in total. The van der Waals surface area contributed by atoms with Crippen molar-refractivity contribution in [3.63, 3.8) is 0 Å². The van der Waals surface area contributed by atoms with Crippen LogP contribution in [-0.2, 0) is 35.6 Å². The molecule has 3 aromatic rings. The standard InChI is InChI=1S/C31H36ClN3O7S/c1-40-19-5-16-33-31(37)30(25-6-3-2-4-7-25)35(22-24-8-10-26(32)11-9-24)29(36)23-42-27-12-14-28(15-13-27)43(38,39)34-17-20-41-21-18-34/h2-4,6-15,30H,5,16-23H2,1H3,(H,33,37)/t30-/m0/s1. The SMILES string of the molecule is COCCCNC(=O)[C@H](c1ccccc1)N(Cc1ccc(Cl)cc1)C(=O)COc1ccc(S(=O)(=O)N2CCOCC2)cc1. The number of nitrogens with one attached hydrogen (secondary N) is 1. The molecular formula is C31H36ClN3O7S. The fourth-order valence-electron chi connectivity index (χ4n) is 4.61. The second kappa shape index (κ2) is 15.8. The summed E-state index contributed by atoms with van der Waals surface area (Å²) in [6, 6.07) is 21.1. The fraction of sp³-hybridized carbons (Fsp3) is 0.355. The number of benzene rings is 3. The third-order valence-electron chi connectivity index (χ3n) is 6.88. The van der Waals surface area contributed by atoms with Crippen molar-refractivity contribution in [3.05, 3.63) is 95.0 Å². The van der Waals surface area contributed by atoms with Crippen molar-refractivity contribution in [1.29, 1.82) is 0 Å². The number of hydrogen-bond acceptors (Lipinski definition) is 7. The van der Waals surface area contributed by atoms with Crippen LogP contribution in [0.25, 0.3) is 0 Å². The highest BCUT2D eigenvalue weighted by atomic mass is 35.5. The number of carbonyl (C=O) groups is 2. The molecular weight excluding hydrogens is 594 g/mol. The first-order valence-electron chi connectivity index (χ1n) is 14.0. The van der Waals surface area contributed by atoms with Gasteiger partial charge in [-0.1, -0.05) is 54.1 Å². The number of ether oxygens (including phenoxy) is 3. The molecule has 1 fully saturated rings. The van der Waals surface area contributed by atoms with Crippen LogP contribution in [0.2, 0.25) is 5.02 Å². The first kappa shape index (κ1) is 32.4. The lowest BCUT2D eigenvalue weighted by atomic mass is 10.0. The molecule has 1 atom stereocenters. The molecule has 1 aliphatic heterocycles. The molecule has 0 unspecified atom stereocenters. The molecule has 43 heavy (non-hydrogen) atoms. The largest absolute Gasteiger partial charge is 0.484 e. The predicted molar refractivity (Wildman–Crippen MR) is 162 cm³/mol. The molecule has 0 radical (unpaired) electrons. The van der Waals surface area contributed by atoms with Gasteiger partial charge in [0.05, 0.1) is 18.1 Å². The Balaban J connectivity index is 1.54. The van der Waals surface area contributed by atoms with Gasteiger partial charge in [0.2, 0.25) is 15.9 Å². The van der Waals surface area contributed by atoms with Crippen LogP contribution >= 0.6 is 11.6 Å². The second-order valence-corrected chi connectivity index (χ2v) is 12.2. The zero-order valence-corrected chi connectivity index (χ0v) is 25.6. The lowest BCUT2D eigenvalue weighted by Gasteiger charge is -2.31. The second-order valence-electron chi connectivity index (χ2n) is 9.88. The number of amides is 2. The Labute approximate surface area is 257 Å². The van der Waals surface area contributed by atoms with Gasteiger partial charge in [-0.15, -0.1) is 0 Å². The summed E-state index contributed by atoms with van der Waals surface area (Å²) in [4.78, 5) is 28.9. The maximum atomic E-state index is 13.8. The molecule has 10 nitrogen and oxygen atoms in total. The summed E-state index contributed by atoms with van der Waals surface area (Å²) in [6.45, 7) is 1.92. The van der Waals surface area contributed by atoms with Gasteiger partial charge in [0.1, 0.15) is 11.8 Å². The summed E-state index contributed by atoms with van der Waals surface area (Å²) in [5.74, 6) is -0.441. The molecule has 0 saturated carbocycles. The molecule has 12 heteroatoms. The van der Waals surface area contributed by atoms with Crippen LogP contribution in [0, 0.1) is 0 Å². The number of halogens is 1. The number of rotatable bonds is 14. The summed E-state index contributed by atoms with van der Waals surface area (Å²) >= 11 is 6.08. The number of morpholine rings is 1. The van der Waals surface area contributed by atoms with E-state index in [1.54, 1.807) is 43.5 Å². The van der Waals surface area contributed by atoms with E-state index >= 15 is 0 Å². The molecule has 1 heterocycles. The Hall–Kier alpha value is -3.48. The van der Waals surface area contributed by atoms with Crippen LogP contribution in [0.1, 0.15) is 23.6 Å². The van der Waals surface area contributed by atoms with Crippen LogP contribution < -0.4 is 10.1 Å². The summed E-state index contributed by atoms with van der Waals surface area (Å²) < 4.78 is 43.4. The zero-order valence-electron chi connectivity index (χ0n) is 24.0. The predicted octanol–water partition coefficient (Wildman–Crippen LogP) is 3.66. The van der Waals surface area contributed by atoms with Crippen LogP contribution in [0.4, 0.5) is 0 Å². The maximum absolute atomic E-state index is 13.8. The Morgan fingerprint density at radius 3 is 2.33 bits per heavy atom. The van der Waals surface area contributed by atoms with E-state index in [2.05, 4.69) is 5.32 Å². The number of sulfonamides is 1. The smallest absolute Gasteiger partial charge is 0.261 e. The zero-order chi connectivity index (χ0) is 30.7. The number of carbonyl (C=O) groups excluding carboxylic acids is 2. The number of methoxy groups -OCH3 is 1. The summed E-state index contributed by atoms with van der Waals surface area (Å²) in [5.41, 5.74) is 1.43. The molecule has 0 bridgehead atoms. The van der Waals surface area contributed by atoms with Crippen molar-refractivity contribution in [2.24, 2.45) is 0 Å². The molecule has 0 spiro atoms. The lowest BCUT2D eigenvalue weighted by molar-refractivity contribution is -0.143. The van der Waals surface area contributed by atoms with Gasteiger partial charge in [0.25, 0.3) is 5.91 Å². The summed E-state index contributed by atoms with van der Waals surface area (Å²) in [7, 11) is -2.07. The highest BCUT2D eigenvalue weighted by Crippen LogP contribution is 2.26. The van der Waals surface area contributed by atoms with E-state index in [-0.39, 0.29) is 24.0 Å². The van der Waals surface area contributed by atoms with Gasteiger partial charge in [-0.2, -0.15) is 4.31 Å². The molecule has 0 aliphatic carbocycles. The summed E-state index contributed by atoms with van der Waals surface area (Å²) in [5, 5.41) is 3.48. The highest BCUT2D eigenvalue weighted by Gasteiger charge is 2.32. The van der Waals surface area contributed by atoms with Crippen molar-refractivity contribution in [1.82, 2.24) is 14.5 Å². The molecule has 0 aromatic heterocycles. The van der Waals surface area contributed by atoms with Crippen molar-refractivity contribution in [2.45, 2.75) is 23.9 Å². The van der Waals surface area contributed by atoms with E-state index in [4.69, 9.17) is 25.8 Å².